The zero-order valence-electron chi connectivity index (χ0n) is 11.1. The van der Waals surface area contributed by atoms with E-state index in [0.29, 0.717) is 0 Å². The number of rotatable bonds is 2. The molecule has 0 fully saturated rings. The summed E-state index contributed by atoms with van der Waals surface area (Å²) in [5.41, 5.74) is -1.11. The van der Waals surface area contributed by atoms with E-state index < -0.39 is 22.9 Å². The van der Waals surface area contributed by atoms with Crippen molar-refractivity contribution in [3.63, 3.8) is 0 Å². The quantitative estimate of drug-likeness (QED) is 0.755. The van der Waals surface area contributed by atoms with Crippen LogP contribution in [-0.2, 0) is 0 Å². The van der Waals surface area contributed by atoms with Crippen molar-refractivity contribution in [2.45, 2.75) is 0 Å². The topological polar surface area (TPSA) is 92.2 Å². The Labute approximate surface area is 122 Å². The fourth-order valence-electron chi connectivity index (χ4n) is 1.94. The molecule has 0 unspecified atom stereocenters. The van der Waals surface area contributed by atoms with Gasteiger partial charge in [-0.3, -0.25) is 9.59 Å². The summed E-state index contributed by atoms with van der Waals surface area (Å²) in [6, 6.07) is 7.48. The van der Waals surface area contributed by atoms with Crippen LogP contribution < -0.4 is 16.5 Å². The lowest BCUT2D eigenvalue weighted by Gasteiger charge is -2.04. The van der Waals surface area contributed by atoms with Crippen molar-refractivity contribution >= 4 is 22.6 Å². The van der Waals surface area contributed by atoms with E-state index in [-0.39, 0.29) is 22.2 Å². The summed E-state index contributed by atoms with van der Waals surface area (Å²) >= 11 is 0. The molecule has 6 nitrogen and oxygen atoms in total. The summed E-state index contributed by atoms with van der Waals surface area (Å²) < 4.78 is 17.8. The second-order valence-electron chi connectivity index (χ2n) is 4.49. The van der Waals surface area contributed by atoms with E-state index in [2.05, 4.69) is 10.3 Å². The van der Waals surface area contributed by atoms with Gasteiger partial charge in [-0.1, -0.05) is 0 Å². The highest BCUT2D eigenvalue weighted by Crippen LogP contribution is 2.12. The standard InChI is InChI=1S/C15H9FN2O4/c16-9-3-1-8(2-4-9)13(19)18-11-7-10-12(22-15(11)21)5-6-17-14(10)20/h1-7H,(H,17,20)(H,18,19). The molecule has 0 saturated heterocycles. The third-order valence-corrected chi connectivity index (χ3v) is 3.03. The molecule has 3 rings (SSSR count). The molecule has 1 aromatic carbocycles. The molecule has 2 aromatic heterocycles. The molecule has 0 saturated carbocycles. The first-order chi connectivity index (χ1) is 10.5. The smallest absolute Gasteiger partial charge is 0.360 e. The number of carbonyl (C=O) groups is 1. The molecule has 0 radical (unpaired) electrons. The Bertz CT molecular complexity index is 973. The lowest BCUT2D eigenvalue weighted by molar-refractivity contribution is 0.102. The molecular weight excluding hydrogens is 291 g/mol. The molecule has 0 aliphatic rings. The average molecular weight is 300 g/mol. The monoisotopic (exact) mass is 300 g/mol. The van der Waals surface area contributed by atoms with Gasteiger partial charge in [0.1, 0.15) is 17.1 Å². The normalized spacial score (nSPS) is 10.6. The second-order valence-corrected chi connectivity index (χ2v) is 4.49. The molecule has 1 amide bonds. The Kier molecular flexibility index (Phi) is 3.30. The van der Waals surface area contributed by atoms with E-state index in [1.165, 1.54) is 30.5 Å². The molecule has 0 aliphatic heterocycles. The van der Waals surface area contributed by atoms with Gasteiger partial charge in [-0.15, -0.1) is 0 Å². The van der Waals surface area contributed by atoms with Crippen LogP contribution >= 0.6 is 0 Å². The average Bonchev–Trinajstić information content (AvgIpc) is 2.49. The SMILES string of the molecule is O=C(Nc1cc2c(=O)[nH]ccc2oc1=O)c1ccc(F)cc1. The Balaban J connectivity index is 2.00. The van der Waals surface area contributed by atoms with Crippen molar-refractivity contribution in [3.8, 4) is 0 Å². The highest BCUT2D eigenvalue weighted by Gasteiger charge is 2.12. The van der Waals surface area contributed by atoms with E-state index in [1.54, 1.807) is 0 Å². The van der Waals surface area contributed by atoms with Crippen molar-refractivity contribution < 1.29 is 13.6 Å². The van der Waals surface area contributed by atoms with Crippen molar-refractivity contribution in [2.24, 2.45) is 0 Å². The van der Waals surface area contributed by atoms with Crippen LogP contribution in [0.15, 0.2) is 56.6 Å². The highest BCUT2D eigenvalue weighted by atomic mass is 19.1. The molecule has 2 N–H and O–H groups in total. The van der Waals surface area contributed by atoms with E-state index >= 15 is 0 Å². The van der Waals surface area contributed by atoms with Crippen LogP contribution in [0.2, 0.25) is 0 Å². The first kappa shape index (κ1) is 13.7. The number of H-pyrrole nitrogens is 1. The molecule has 3 aromatic rings. The molecule has 22 heavy (non-hydrogen) atoms. The molecule has 110 valence electrons. The summed E-state index contributed by atoms with van der Waals surface area (Å²) in [6.07, 6.45) is 1.35. The van der Waals surface area contributed by atoms with Gasteiger partial charge in [-0.05, 0) is 36.4 Å². The van der Waals surface area contributed by atoms with Crippen molar-refractivity contribution in [2.75, 3.05) is 5.32 Å². The number of halogens is 1. The number of pyridine rings is 1. The lowest BCUT2D eigenvalue weighted by Crippen LogP contribution is -2.19. The van der Waals surface area contributed by atoms with E-state index in [1.807, 2.05) is 0 Å². The molecule has 2 heterocycles. The van der Waals surface area contributed by atoms with E-state index in [9.17, 15) is 18.8 Å². The number of benzene rings is 1. The van der Waals surface area contributed by atoms with Crippen molar-refractivity contribution in [1.82, 2.24) is 4.98 Å². The number of nitrogens with one attached hydrogen (secondary N) is 2. The van der Waals surface area contributed by atoms with Gasteiger partial charge >= 0.3 is 5.63 Å². The third kappa shape index (κ3) is 2.51. The van der Waals surface area contributed by atoms with Crippen LogP contribution in [0.4, 0.5) is 10.1 Å². The fourth-order valence-corrected chi connectivity index (χ4v) is 1.94. The van der Waals surface area contributed by atoms with E-state index in [0.717, 1.165) is 12.1 Å². The minimum atomic E-state index is -0.784. The van der Waals surface area contributed by atoms with Crippen LogP contribution in [0, 0.1) is 5.82 Å². The minimum absolute atomic E-state index is 0.119. The first-order valence-electron chi connectivity index (χ1n) is 6.27. The Morgan fingerprint density at radius 3 is 2.59 bits per heavy atom. The molecule has 0 spiro atoms. The van der Waals surface area contributed by atoms with Crippen LogP contribution in [0.3, 0.4) is 0 Å². The summed E-state index contributed by atoms with van der Waals surface area (Å²) in [6.45, 7) is 0. The fraction of sp³-hybridized carbons (Fsp3) is 0. The maximum atomic E-state index is 12.8. The number of aromatic amines is 1. The number of fused-ring (bicyclic) bond motifs is 1. The minimum Gasteiger partial charge on any atom is -0.421 e. The molecule has 0 bridgehead atoms. The van der Waals surface area contributed by atoms with Crippen molar-refractivity contribution in [1.29, 1.82) is 0 Å². The van der Waals surface area contributed by atoms with Gasteiger partial charge in [0.25, 0.3) is 11.5 Å². The molecule has 0 aliphatic carbocycles. The van der Waals surface area contributed by atoms with Crippen LogP contribution in [0.5, 0.6) is 0 Å². The predicted molar refractivity (Wildman–Crippen MR) is 77.5 cm³/mol. The van der Waals surface area contributed by atoms with Gasteiger partial charge < -0.3 is 14.7 Å². The van der Waals surface area contributed by atoms with Gasteiger partial charge in [0.2, 0.25) is 0 Å². The summed E-state index contributed by atoms with van der Waals surface area (Å²) in [5.74, 6) is -1.09. The first-order valence-corrected chi connectivity index (χ1v) is 6.27. The molecule has 0 atom stereocenters. The largest absolute Gasteiger partial charge is 0.421 e. The van der Waals surface area contributed by atoms with Crippen LogP contribution in [0.1, 0.15) is 10.4 Å². The van der Waals surface area contributed by atoms with Crippen LogP contribution in [-0.4, -0.2) is 10.9 Å². The lowest BCUT2D eigenvalue weighted by atomic mass is 10.2. The Morgan fingerprint density at radius 2 is 1.86 bits per heavy atom. The summed E-state index contributed by atoms with van der Waals surface area (Å²) in [4.78, 5) is 37.9. The third-order valence-electron chi connectivity index (χ3n) is 3.03. The number of hydrogen-bond donors (Lipinski definition) is 2. The van der Waals surface area contributed by atoms with Gasteiger partial charge in [-0.2, -0.15) is 0 Å². The number of aromatic nitrogens is 1. The number of anilines is 1. The predicted octanol–water partition coefficient (Wildman–Crippen LogP) is 1.87. The van der Waals surface area contributed by atoms with Gasteiger partial charge in [0.05, 0.1) is 5.39 Å². The van der Waals surface area contributed by atoms with Crippen LogP contribution in [0.25, 0.3) is 11.0 Å². The number of amides is 1. The van der Waals surface area contributed by atoms with E-state index in [4.69, 9.17) is 4.42 Å². The maximum absolute atomic E-state index is 12.8. The molecular formula is C15H9FN2O4. The number of carbonyl (C=O) groups excluding carboxylic acids is 1. The Hall–Kier alpha value is -3.22. The zero-order chi connectivity index (χ0) is 15.7. The zero-order valence-corrected chi connectivity index (χ0v) is 11.1. The number of hydrogen-bond acceptors (Lipinski definition) is 4. The summed E-state index contributed by atoms with van der Waals surface area (Å²) in [5, 5.41) is 2.48. The molecule has 7 heteroatoms. The van der Waals surface area contributed by atoms with Crippen molar-refractivity contribution in [3.05, 3.63) is 74.7 Å². The highest BCUT2D eigenvalue weighted by molar-refractivity contribution is 6.04. The van der Waals surface area contributed by atoms with Gasteiger partial charge in [-0.25, -0.2) is 9.18 Å². The maximum Gasteiger partial charge on any atom is 0.360 e. The Morgan fingerprint density at radius 1 is 1.14 bits per heavy atom. The summed E-state index contributed by atoms with van der Waals surface area (Å²) in [7, 11) is 0. The second kappa shape index (κ2) is 5.28. The van der Waals surface area contributed by atoms with Gasteiger partial charge in [0, 0.05) is 11.8 Å². The van der Waals surface area contributed by atoms with Gasteiger partial charge in [0.15, 0.2) is 0 Å².